The van der Waals surface area contributed by atoms with Gasteiger partial charge < -0.3 is 15.0 Å². The molecule has 0 bridgehead atoms. The number of rotatable bonds is 5. The van der Waals surface area contributed by atoms with Crippen LogP contribution >= 0.6 is 15.9 Å². The minimum absolute atomic E-state index is 0.243. The Balaban J connectivity index is 1.80. The molecule has 0 atom stereocenters. The highest BCUT2D eigenvalue weighted by atomic mass is 79.9. The summed E-state index contributed by atoms with van der Waals surface area (Å²) in [4.78, 5) is 6.44. The van der Waals surface area contributed by atoms with Crippen molar-refractivity contribution in [3.8, 4) is 0 Å². The van der Waals surface area contributed by atoms with Crippen molar-refractivity contribution >= 4 is 21.9 Å². The lowest BCUT2D eigenvalue weighted by Crippen LogP contribution is -2.39. The topological polar surface area (TPSA) is 36.9 Å². The van der Waals surface area contributed by atoms with Gasteiger partial charge in [0.25, 0.3) is 0 Å². The lowest BCUT2D eigenvalue weighted by molar-refractivity contribution is 0.0625. The molecule has 6 heteroatoms. The van der Waals surface area contributed by atoms with Crippen LogP contribution in [0.4, 0.5) is 4.39 Å². The number of nitrogens with one attached hydrogen (secondary N) is 1. The third-order valence-electron chi connectivity index (χ3n) is 4.22. The van der Waals surface area contributed by atoms with Gasteiger partial charge in [-0.3, -0.25) is 4.99 Å². The van der Waals surface area contributed by atoms with Gasteiger partial charge >= 0.3 is 0 Å². The molecular formula is C17H25BrFN3O. The average Bonchev–Trinajstić information content (AvgIpc) is 2.57. The van der Waals surface area contributed by atoms with Gasteiger partial charge in [0.2, 0.25) is 0 Å². The molecule has 23 heavy (non-hydrogen) atoms. The van der Waals surface area contributed by atoms with E-state index in [2.05, 4.69) is 31.1 Å². The molecule has 1 aromatic rings. The number of hydrogen-bond acceptors (Lipinski definition) is 2. The van der Waals surface area contributed by atoms with Crippen molar-refractivity contribution in [2.75, 3.05) is 33.9 Å². The smallest absolute Gasteiger partial charge is 0.193 e. The summed E-state index contributed by atoms with van der Waals surface area (Å²) >= 11 is 3.17. The third kappa shape index (κ3) is 5.77. The molecular weight excluding hydrogens is 361 g/mol. The van der Waals surface area contributed by atoms with Crippen LogP contribution in [-0.2, 0) is 11.3 Å². The number of aliphatic imine (C=N–C) groups is 1. The molecule has 0 aliphatic carbocycles. The van der Waals surface area contributed by atoms with E-state index < -0.39 is 0 Å². The second kappa shape index (κ2) is 9.23. The first-order valence-electron chi connectivity index (χ1n) is 8.03. The Morgan fingerprint density at radius 1 is 1.43 bits per heavy atom. The molecule has 0 radical (unpaired) electrons. The number of ether oxygens (including phenoxy) is 1. The molecule has 1 saturated heterocycles. The maximum atomic E-state index is 13.5. The maximum absolute atomic E-state index is 13.5. The SMILES string of the molecule is CN=C(NCc1ccc(Br)c(F)c1)N(C)CCC1CCOCC1. The second-order valence-electron chi connectivity index (χ2n) is 5.92. The number of halogens is 2. The molecule has 1 aromatic carbocycles. The van der Waals surface area contributed by atoms with E-state index in [4.69, 9.17) is 4.74 Å². The van der Waals surface area contributed by atoms with Crippen molar-refractivity contribution in [3.63, 3.8) is 0 Å². The van der Waals surface area contributed by atoms with Crippen LogP contribution < -0.4 is 5.32 Å². The van der Waals surface area contributed by atoms with E-state index in [1.165, 1.54) is 6.07 Å². The average molecular weight is 386 g/mol. The summed E-state index contributed by atoms with van der Waals surface area (Å²) < 4.78 is 19.4. The lowest BCUT2D eigenvalue weighted by Gasteiger charge is -2.26. The van der Waals surface area contributed by atoms with Crippen LogP contribution in [0.5, 0.6) is 0 Å². The largest absolute Gasteiger partial charge is 0.381 e. The van der Waals surface area contributed by atoms with Gasteiger partial charge in [0.05, 0.1) is 4.47 Å². The zero-order chi connectivity index (χ0) is 16.7. The standard InChI is InChI=1S/C17H25BrFN3O/c1-20-17(21-12-14-3-4-15(18)16(19)11-14)22(2)8-5-13-6-9-23-10-7-13/h3-4,11,13H,5-10,12H2,1-2H3,(H,20,21). The summed E-state index contributed by atoms with van der Waals surface area (Å²) in [5, 5.41) is 3.29. The zero-order valence-corrected chi connectivity index (χ0v) is 15.4. The fraction of sp³-hybridized carbons (Fsp3) is 0.588. The Morgan fingerprint density at radius 3 is 2.83 bits per heavy atom. The Hall–Kier alpha value is -1.14. The van der Waals surface area contributed by atoms with Crippen LogP contribution in [0.1, 0.15) is 24.8 Å². The van der Waals surface area contributed by atoms with Crippen molar-refractivity contribution in [3.05, 3.63) is 34.1 Å². The molecule has 1 aliphatic heterocycles. The molecule has 1 aliphatic rings. The minimum Gasteiger partial charge on any atom is -0.381 e. The van der Waals surface area contributed by atoms with E-state index in [1.54, 1.807) is 13.1 Å². The van der Waals surface area contributed by atoms with Crippen LogP contribution in [0.15, 0.2) is 27.7 Å². The molecule has 0 spiro atoms. The summed E-state index contributed by atoms with van der Waals surface area (Å²) in [7, 11) is 3.81. The monoisotopic (exact) mass is 385 g/mol. The predicted molar refractivity (Wildman–Crippen MR) is 95.1 cm³/mol. The number of benzene rings is 1. The fourth-order valence-corrected chi connectivity index (χ4v) is 2.98. The van der Waals surface area contributed by atoms with Crippen LogP contribution in [0, 0.1) is 11.7 Å². The summed E-state index contributed by atoms with van der Waals surface area (Å²) in [6.07, 6.45) is 3.45. The Labute approximate surface area is 146 Å². The molecule has 4 nitrogen and oxygen atoms in total. The van der Waals surface area contributed by atoms with E-state index in [-0.39, 0.29) is 5.82 Å². The molecule has 1 fully saturated rings. The number of nitrogens with zero attached hydrogens (tertiary/aromatic N) is 2. The van der Waals surface area contributed by atoms with Gasteiger partial charge in [0.1, 0.15) is 5.82 Å². The first-order chi connectivity index (χ1) is 11.1. The Kier molecular flexibility index (Phi) is 7.30. The van der Waals surface area contributed by atoms with Gasteiger partial charge in [0, 0.05) is 40.4 Å². The second-order valence-corrected chi connectivity index (χ2v) is 6.77. The van der Waals surface area contributed by atoms with Crippen molar-refractivity contribution in [1.82, 2.24) is 10.2 Å². The van der Waals surface area contributed by atoms with Gasteiger partial charge in [-0.1, -0.05) is 6.07 Å². The van der Waals surface area contributed by atoms with Crippen LogP contribution in [-0.4, -0.2) is 44.7 Å². The first kappa shape index (κ1) is 18.2. The molecule has 0 unspecified atom stereocenters. The molecule has 0 aromatic heterocycles. The molecule has 1 N–H and O–H groups in total. The summed E-state index contributed by atoms with van der Waals surface area (Å²) in [6, 6.07) is 5.16. The highest BCUT2D eigenvalue weighted by Crippen LogP contribution is 2.19. The normalized spacial score (nSPS) is 16.4. The molecule has 128 valence electrons. The van der Waals surface area contributed by atoms with Crippen LogP contribution in [0.25, 0.3) is 0 Å². The minimum atomic E-state index is -0.243. The van der Waals surface area contributed by atoms with Crippen molar-refractivity contribution < 1.29 is 9.13 Å². The van der Waals surface area contributed by atoms with Crippen molar-refractivity contribution in [2.24, 2.45) is 10.9 Å². The van der Waals surface area contributed by atoms with E-state index >= 15 is 0 Å². The quantitative estimate of drug-likeness (QED) is 0.623. The molecule has 0 amide bonds. The number of guanidine groups is 1. The van der Waals surface area contributed by atoms with Gasteiger partial charge in [-0.2, -0.15) is 0 Å². The van der Waals surface area contributed by atoms with E-state index in [9.17, 15) is 4.39 Å². The van der Waals surface area contributed by atoms with Gasteiger partial charge in [-0.25, -0.2) is 4.39 Å². The lowest BCUT2D eigenvalue weighted by atomic mass is 9.96. The third-order valence-corrected chi connectivity index (χ3v) is 4.86. The maximum Gasteiger partial charge on any atom is 0.193 e. The highest BCUT2D eigenvalue weighted by molar-refractivity contribution is 9.10. The van der Waals surface area contributed by atoms with Gasteiger partial charge in [-0.05, 0) is 58.8 Å². The first-order valence-corrected chi connectivity index (χ1v) is 8.83. The fourth-order valence-electron chi connectivity index (χ4n) is 2.73. The Bertz CT molecular complexity index is 533. The van der Waals surface area contributed by atoms with Crippen LogP contribution in [0.2, 0.25) is 0 Å². The van der Waals surface area contributed by atoms with E-state index in [1.807, 2.05) is 13.1 Å². The number of hydrogen-bond donors (Lipinski definition) is 1. The van der Waals surface area contributed by atoms with Crippen LogP contribution in [0.3, 0.4) is 0 Å². The summed E-state index contributed by atoms with van der Waals surface area (Å²) in [5.41, 5.74) is 0.893. The molecule has 0 saturated carbocycles. The molecule has 2 rings (SSSR count). The van der Waals surface area contributed by atoms with Crippen molar-refractivity contribution in [2.45, 2.75) is 25.8 Å². The Morgan fingerprint density at radius 2 is 2.17 bits per heavy atom. The van der Waals surface area contributed by atoms with Crippen molar-refractivity contribution in [1.29, 1.82) is 0 Å². The van der Waals surface area contributed by atoms with E-state index in [0.717, 1.165) is 56.5 Å². The summed E-state index contributed by atoms with van der Waals surface area (Å²) in [5.74, 6) is 1.33. The summed E-state index contributed by atoms with van der Waals surface area (Å²) in [6.45, 7) is 3.28. The molecule has 1 heterocycles. The predicted octanol–water partition coefficient (Wildman–Crippen LogP) is 3.41. The van der Waals surface area contributed by atoms with E-state index in [0.29, 0.717) is 11.0 Å². The van der Waals surface area contributed by atoms with Gasteiger partial charge in [-0.15, -0.1) is 0 Å². The highest BCUT2D eigenvalue weighted by Gasteiger charge is 2.15. The van der Waals surface area contributed by atoms with Gasteiger partial charge in [0.15, 0.2) is 5.96 Å². The zero-order valence-electron chi connectivity index (χ0n) is 13.8.